The number of rotatable bonds is 2. The van der Waals surface area contributed by atoms with E-state index < -0.39 is 10.8 Å². The smallest absolute Gasteiger partial charge is 0.0620 e. The standard InChI is InChI=1S/C14H21NOS/c1-10-7-8-12(9-11(10)2)17(16)14-6-4-3-5-13(14)15/h3-6,10-12H,7-9,15H2,1-2H3. The third kappa shape index (κ3) is 2.71. The molecule has 1 fully saturated rings. The summed E-state index contributed by atoms with van der Waals surface area (Å²) in [5.41, 5.74) is 6.56. The van der Waals surface area contributed by atoms with E-state index >= 15 is 0 Å². The highest BCUT2D eigenvalue weighted by Gasteiger charge is 2.29. The number of benzene rings is 1. The number of hydrogen-bond donors (Lipinski definition) is 1. The van der Waals surface area contributed by atoms with Crippen molar-refractivity contribution in [2.24, 2.45) is 11.8 Å². The molecule has 0 amide bonds. The van der Waals surface area contributed by atoms with Crippen LogP contribution >= 0.6 is 0 Å². The summed E-state index contributed by atoms with van der Waals surface area (Å²) in [5.74, 6) is 1.43. The lowest BCUT2D eigenvalue weighted by molar-refractivity contribution is 0.281. The van der Waals surface area contributed by atoms with Gasteiger partial charge in [-0.3, -0.25) is 4.21 Å². The molecule has 1 aliphatic carbocycles. The van der Waals surface area contributed by atoms with Gasteiger partial charge in [-0.05, 0) is 43.2 Å². The maximum absolute atomic E-state index is 12.5. The molecule has 0 heterocycles. The second kappa shape index (κ2) is 5.21. The minimum absolute atomic E-state index is 0.283. The third-order valence-corrected chi connectivity index (χ3v) is 5.83. The third-order valence-electron chi connectivity index (χ3n) is 3.99. The molecule has 0 spiro atoms. The van der Waals surface area contributed by atoms with Crippen molar-refractivity contribution < 1.29 is 4.21 Å². The van der Waals surface area contributed by atoms with Crippen LogP contribution in [-0.2, 0) is 10.8 Å². The summed E-state index contributed by atoms with van der Waals surface area (Å²) in [7, 11) is -0.942. The van der Waals surface area contributed by atoms with Gasteiger partial charge in [-0.15, -0.1) is 0 Å². The first-order valence-electron chi connectivity index (χ1n) is 6.34. The van der Waals surface area contributed by atoms with Crippen LogP contribution in [0.5, 0.6) is 0 Å². The molecule has 3 heteroatoms. The molecular formula is C14H21NOS. The Morgan fingerprint density at radius 1 is 1.18 bits per heavy atom. The van der Waals surface area contributed by atoms with Crippen molar-refractivity contribution in [3.05, 3.63) is 24.3 Å². The summed E-state index contributed by atoms with van der Waals surface area (Å²) < 4.78 is 12.5. The van der Waals surface area contributed by atoms with Gasteiger partial charge in [0.15, 0.2) is 0 Å². The van der Waals surface area contributed by atoms with Crippen LogP contribution in [0.2, 0.25) is 0 Å². The van der Waals surface area contributed by atoms with E-state index in [4.69, 9.17) is 5.73 Å². The minimum atomic E-state index is -0.942. The largest absolute Gasteiger partial charge is 0.398 e. The normalized spacial score (nSPS) is 31.1. The van der Waals surface area contributed by atoms with Gasteiger partial charge in [0, 0.05) is 10.9 Å². The highest BCUT2D eigenvalue weighted by molar-refractivity contribution is 7.85. The summed E-state index contributed by atoms with van der Waals surface area (Å²) in [4.78, 5) is 0.819. The van der Waals surface area contributed by atoms with Crippen LogP contribution in [-0.4, -0.2) is 9.46 Å². The summed E-state index contributed by atoms with van der Waals surface area (Å²) in [6.45, 7) is 4.56. The molecule has 1 aromatic carbocycles. The molecule has 17 heavy (non-hydrogen) atoms. The van der Waals surface area contributed by atoms with Gasteiger partial charge >= 0.3 is 0 Å². The number of anilines is 1. The van der Waals surface area contributed by atoms with Crippen LogP contribution in [0.15, 0.2) is 29.2 Å². The van der Waals surface area contributed by atoms with E-state index in [9.17, 15) is 4.21 Å². The Kier molecular flexibility index (Phi) is 3.87. The molecule has 0 aliphatic heterocycles. The summed E-state index contributed by atoms with van der Waals surface area (Å²) >= 11 is 0. The Hall–Kier alpha value is -0.830. The van der Waals surface area contributed by atoms with E-state index in [1.54, 1.807) is 0 Å². The van der Waals surface area contributed by atoms with Gasteiger partial charge in [0.05, 0.1) is 15.7 Å². The molecule has 4 atom stereocenters. The second-order valence-corrected chi connectivity index (χ2v) is 6.93. The molecular weight excluding hydrogens is 230 g/mol. The topological polar surface area (TPSA) is 43.1 Å². The SMILES string of the molecule is CC1CCC(S(=O)c2ccccc2N)CC1C. The Labute approximate surface area is 106 Å². The molecule has 94 valence electrons. The molecule has 1 aliphatic rings. The fraction of sp³-hybridized carbons (Fsp3) is 0.571. The lowest BCUT2D eigenvalue weighted by Crippen LogP contribution is -2.28. The number of para-hydroxylation sites is 1. The van der Waals surface area contributed by atoms with Crippen molar-refractivity contribution in [1.29, 1.82) is 0 Å². The molecule has 2 nitrogen and oxygen atoms in total. The van der Waals surface area contributed by atoms with Gasteiger partial charge in [0.2, 0.25) is 0 Å². The van der Waals surface area contributed by atoms with Crippen LogP contribution in [0.1, 0.15) is 33.1 Å². The zero-order valence-electron chi connectivity index (χ0n) is 10.6. The van der Waals surface area contributed by atoms with Crippen LogP contribution in [0.3, 0.4) is 0 Å². The molecule has 2 rings (SSSR count). The molecule has 0 saturated heterocycles. The zero-order chi connectivity index (χ0) is 12.4. The van der Waals surface area contributed by atoms with Crippen molar-refractivity contribution in [2.45, 2.75) is 43.3 Å². The van der Waals surface area contributed by atoms with E-state index in [0.29, 0.717) is 11.6 Å². The maximum atomic E-state index is 12.5. The predicted molar refractivity (Wildman–Crippen MR) is 73.2 cm³/mol. The summed E-state index contributed by atoms with van der Waals surface area (Å²) in [6.07, 6.45) is 3.30. The molecule has 0 bridgehead atoms. The van der Waals surface area contributed by atoms with Crippen molar-refractivity contribution in [2.75, 3.05) is 5.73 Å². The Balaban J connectivity index is 2.14. The first-order valence-corrected chi connectivity index (χ1v) is 7.56. The van der Waals surface area contributed by atoms with Gasteiger partial charge in [-0.2, -0.15) is 0 Å². The van der Waals surface area contributed by atoms with E-state index in [0.717, 1.165) is 23.7 Å². The number of nitrogen functional groups attached to an aromatic ring is 1. The average Bonchev–Trinajstić information content (AvgIpc) is 2.32. The van der Waals surface area contributed by atoms with Crippen LogP contribution < -0.4 is 5.73 Å². The second-order valence-electron chi connectivity index (χ2n) is 5.22. The highest BCUT2D eigenvalue weighted by atomic mass is 32.2. The van der Waals surface area contributed by atoms with E-state index in [-0.39, 0.29) is 5.25 Å². The van der Waals surface area contributed by atoms with E-state index in [1.807, 2.05) is 24.3 Å². The fourth-order valence-electron chi connectivity index (χ4n) is 2.54. The van der Waals surface area contributed by atoms with Gasteiger partial charge < -0.3 is 5.73 Å². The lowest BCUT2D eigenvalue weighted by Gasteiger charge is -2.31. The zero-order valence-corrected chi connectivity index (χ0v) is 11.4. The summed E-state index contributed by atoms with van der Waals surface area (Å²) in [6, 6.07) is 7.54. The van der Waals surface area contributed by atoms with Gasteiger partial charge in [0.25, 0.3) is 0 Å². The molecule has 2 N–H and O–H groups in total. The first kappa shape index (κ1) is 12.6. The van der Waals surface area contributed by atoms with Gasteiger partial charge in [-0.1, -0.05) is 26.0 Å². The van der Waals surface area contributed by atoms with Crippen molar-refractivity contribution in [3.8, 4) is 0 Å². The fourth-order valence-corrected chi connectivity index (χ4v) is 4.24. The minimum Gasteiger partial charge on any atom is -0.398 e. The van der Waals surface area contributed by atoms with Gasteiger partial charge in [-0.25, -0.2) is 0 Å². The Morgan fingerprint density at radius 3 is 2.53 bits per heavy atom. The Bertz CT molecular complexity index is 418. The molecule has 0 radical (unpaired) electrons. The van der Waals surface area contributed by atoms with Crippen LogP contribution in [0.4, 0.5) is 5.69 Å². The first-order chi connectivity index (χ1) is 8.09. The molecule has 1 saturated carbocycles. The molecule has 1 aromatic rings. The van der Waals surface area contributed by atoms with Crippen LogP contribution in [0.25, 0.3) is 0 Å². The number of hydrogen-bond acceptors (Lipinski definition) is 2. The quantitative estimate of drug-likeness (QED) is 0.820. The van der Waals surface area contributed by atoms with Crippen molar-refractivity contribution in [3.63, 3.8) is 0 Å². The van der Waals surface area contributed by atoms with E-state index in [1.165, 1.54) is 6.42 Å². The summed E-state index contributed by atoms with van der Waals surface area (Å²) in [5, 5.41) is 0.283. The van der Waals surface area contributed by atoms with E-state index in [2.05, 4.69) is 13.8 Å². The predicted octanol–water partition coefficient (Wildman–Crippen LogP) is 3.20. The highest BCUT2D eigenvalue weighted by Crippen LogP contribution is 2.34. The molecule has 4 unspecified atom stereocenters. The monoisotopic (exact) mass is 251 g/mol. The molecule has 0 aromatic heterocycles. The Morgan fingerprint density at radius 2 is 1.88 bits per heavy atom. The maximum Gasteiger partial charge on any atom is 0.0620 e. The van der Waals surface area contributed by atoms with Crippen molar-refractivity contribution in [1.82, 2.24) is 0 Å². The van der Waals surface area contributed by atoms with Crippen LogP contribution in [0, 0.1) is 11.8 Å². The average molecular weight is 251 g/mol. The number of nitrogens with two attached hydrogens (primary N) is 1. The van der Waals surface area contributed by atoms with Crippen molar-refractivity contribution >= 4 is 16.5 Å². The lowest BCUT2D eigenvalue weighted by atomic mass is 9.81. The van der Waals surface area contributed by atoms with Gasteiger partial charge in [0.1, 0.15) is 0 Å².